The van der Waals surface area contributed by atoms with Gasteiger partial charge in [0.2, 0.25) is 5.91 Å². The van der Waals surface area contributed by atoms with Crippen LogP contribution in [-0.4, -0.2) is 37.9 Å². The number of ether oxygens (including phenoxy) is 1. The second-order valence-electron chi connectivity index (χ2n) is 9.87. The van der Waals surface area contributed by atoms with Crippen molar-refractivity contribution >= 4 is 29.1 Å². The largest absolute Gasteiger partial charge is 0.497 e. The number of carbonyl (C=O) groups excluding carboxylic acids is 3. The van der Waals surface area contributed by atoms with Gasteiger partial charge in [-0.15, -0.1) is 0 Å². The van der Waals surface area contributed by atoms with Gasteiger partial charge in [0.05, 0.1) is 30.9 Å². The highest BCUT2D eigenvalue weighted by Crippen LogP contribution is 2.39. The summed E-state index contributed by atoms with van der Waals surface area (Å²) in [6, 6.07) is 20.7. The zero-order valence-corrected chi connectivity index (χ0v) is 21.3. The van der Waals surface area contributed by atoms with E-state index in [2.05, 4.69) is 10.6 Å². The minimum atomic E-state index is -0.540. The summed E-state index contributed by atoms with van der Waals surface area (Å²) in [6.45, 7) is 4.77. The molecule has 1 aliphatic rings. The molecule has 192 valence electrons. The number of nitrogens with two attached hydrogens (primary N) is 1. The van der Waals surface area contributed by atoms with Crippen LogP contribution in [0.25, 0.3) is 0 Å². The zero-order valence-electron chi connectivity index (χ0n) is 21.3. The van der Waals surface area contributed by atoms with E-state index in [4.69, 9.17) is 10.5 Å². The first-order chi connectivity index (χ1) is 17.7. The minimum Gasteiger partial charge on any atom is -0.497 e. The Balaban J connectivity index is 1.76. The third kappa shape index (κ3) is 5.81. The summed E-state index contributed by atoms with van der Waals surface area (Å²) >= 11 is 0. The van der Waals surface area contributed by atoms with E-state index in [9.17, 15) is 14.4 Å². The number of amides is 3. The highest BCUT2D eigenvalue weighted by molar-refractivity contribution is 6.12. The van der Waals surface area contributed by atoms with E-state index in [1.165, 1.54) is 0 Å². The Morgan fingerprint density at radius 2 is 1.73 bits per heavy atom. The maximum atomic E-state index is 13.9. The number of anilines is 2. The van der Waals surface area contributed by atoms with Gasteiger partial charge in [0.25, 0.3) is 11.8 Å². The first kappa shape index (κ1) is 25.9. The number of rotatable bonds is 7. The predicted molar refractivity (Wildman–Crippen MR) is 144 cm³/mol. The molecule has 3 aromatic rings. The monoisotopic (exact) mass is 500 g/mol. The lowest BCUT2D eigenvalue weighted by atomic mass is 9.94. The Labute approximate surface area is 216 Å². The summed E-state index contributed by atoms with van der Waals surface area (Å²) < 4.78 is 5.23. The van der Waals surface area contributed by atoms with Crippen molar-refractivity contribution < 1.29 is 19.1 Å². The number of hydrogen-bond donors (Lipinski definition) is 3. The number of hydrogen-bond acceptors (Lipinski definition) is 5. The molecule has 1 atom stereocenters. The molecule has 37 heavy (non-hydrogen) atoms. The maximum absolute atomic E-state index is 13.9. The van der Waals surface area contributed by atoms with Crippen LogP contribution in [-0.2, 0) is 4.79 Å². The van der Waals surface area contributed by atoms with Gasteiger partial charge in [0, 0.05) is 17.7 Å². The minimum absolute atomic E-state index is 0.0623. The average molecular weight is 501 g/mol. The Morgan fingerprint density at radius 1 is 1.05 bits per heavy atom. The molecule has 0 spiro atoms. The van der Waals surface area contributed by atoms with Crippen molar-refractivity contribution in [2.45, 2.75) is 26.3 Å². The zero-order chi connectivity index (χ0) is 26.6. The number of carbonyl (C=O) groups is 3. The van der Waals surface area contributed by atoms with Gasteiger partial charge >= 0.3 is 0 Å². The summed E-state index contributed by atoms with van der Waals surface area (Å²) in [5.41, 5.74) is 8.10. The number of fused-ring (bicyclic) bond motifs is 1. The van der Waals surface area contributed by atoms with Crippen LogP contribution in [0.15, 0.2) is 72.8 Å². The van der Waals surface area contributed by atoms with Crippen molar-refractivity contribution in [1.29, 1.82) is 0 Å². The van der Waals surface area contributed by atoms with Crippen LogP contribution < -0.4 is 26.0 Å². The molecular weight excluding hydrogens is 468 g/mol. The fourth-order valence-corrected chi connectivity index (χ4v) is 4.18. The number of benzene rings is 3. The van der Waals surface area contributed by atoms with Crippen molar-refractivity contribution in [2.24, 2.45) is 11.1 Å². The Kier molecular flexibility index (Phi) is 7.59. The van der Waals surface area contributed by atoms with Gasteiger partial charge in [-0.25, -0.2) is 0 Å². The molecule has 0 bridgehead atoms. The highest BCUT2D eigenvalue weighted by Gasteiger charge is 2.34. The van der Waals surface area contributed by atoms with Crippen LogP contribution >= 0.6 is 0 Å². The van der Waals surface area contributed by atoms with Crippen molar-refractivity contribution in [2.75, 3.05) is 30.4 Å². The third-order valence-corrected chi connectivity index (χ3v) is 6.50. The molecule has 4 rings (SSSR count). The van der Waals surface area contributed by atoms with E-state index in [0.717, 1.165) is 5.56 Å². The molecule has 1 aliphatic heterocycles. The van der Waals surface area contributed by atoms with Crippen LogP contribution in [0.5, 0.6) is 5.75 Å². The normalized spacial score (nSPS) is 15.3. The fourth-order valence-electron chi connectivity index (χ4n) is 4.18. The summed E-state index contributed by atoms with van der Waals surface area (Å²) in [5, 5.41) is 5.81. The fraction of sp³-hybridized carbons (Fsp3) is 0.276. The quantitative estimate of drug-likeness (QED) is 0.451. The molecular formula is C29H32N4O4. The molecule has 0 saturated heterocycles. The van der Waals surface area contributed by atoms with Crippen LogP contribution in [0.2, 0.25) is 0 Å². The lowest BCUT2D eigenvalue weighted by molar-refractivity contribution is -0.116. The maximum Gasteiger partial charge on any atom is 0.258 e. The molecule has 0 radical (unpaired) electrons. The van der Waals surface area contributed by atoms with E-state index >= 15 is 0 Å². The first-order valence-electron chi connectivity index (χ1n) is 12.2. The smallest absolute Gasteiger partial charge is 0.258 e. The molecule has 1 heterocycles. The second-order valence-corrected chi connectivity index (χ2v) is 9.87. The predicted octanol–water partition coefficient (Wildman–Crippen LogP) is 4.14. The van der Waals surface area contributed by atoms with Crippen molar-refractivity contribution in [3.63, 3.8) is 0 Å². The Bertz CT molecular complexity index is 1290. The summed E-state index contributed by atoms with van der Waals surface area (Å²) in [5.74, 6) is -0.161. The van der Waals surface area contributed by atoms with Crippen molar-refractivity contribution in [3.05, 3.63) is 89.5 Å². The molecule has 8 nitrogen and oxygen atoms in total. The van der Waals surface area contributed by atoms with E-state index in [0.29, 0.717) is 41.3 Å². The van der Waals surface area contributed by atoms with Crippen LogP contribution in [0.4, 0.5) is 11.4 Å². The van der Waals surface area contributed by atoms with Crippen LogP contribution in [0, 0.1) is 5.41 Å². The standard InChI is InChI=1S/C29H32N4O4/c1-29(2,17-30)18-31-27(35)21-11-14-24-23(15-21)32-26(34)16-25(19-7-5-4-6-8-19)33(24)28(36)20-9-12-22(37-3)13-10-20/h4-15,25H,16-18,30H2,1-3H3,(H,31,35)(H,32,34). The van der Waals surface area contributed by atoms with Crippen molar-refractivity contribution in [3.8, 4) is 5.75 Å². The summed E-state index contributed by atoms with van der Waals surface area (Å²) in [6.07, 6.45) is 0.0623. The van der Waals surface area contributed by atoms with E-state index in [1.54, 1.807) is 54.5 Å². The van der Waals surface area contributed by atoms with E-state index in [1.807, 2.05) is 44.2 Å². The average Bonchev–Trinajstić information content (AvgIpc) is 3.07. The van der Waals surface area contributed by atoms with Gasteiger partial charge in [-0.3, -0.25) is 19.3 Å². The van der Waals surface area contributed by atoms with Crippen LogP contribution in [0.3, 0.4) is 0 Å². The SMILES string of the molecule is COc1ccc(C(=O)N2c3ccc(C(=O)NCC(C)(C)CN)cc3NC(=O)CC2c2ccccc2)cc1. The van der Waals surface area contributed by atoms with Gasteiger partial charge in [-0.2, -0.15) is 0 Å². The summed E-state index contributed by atoms with van der Waals surface area (Å²) in [7, 11) is 1.56. The van der Waals surface area contributed by atoms with Crippen LogP contribution in [0.1, 0.15) is 52.6 Å². The lowest BCUT2D eigenvalue weighted by Gasteiger charge is -2.31. The number of nitrogens with one attached hydrogen (secondary N) is 2. The first-order valence-corrected chi connectivity index (χ1v) is 12.2. The molecule has 1 unspecified atom stereocenters. The molecule has 4 N–H and O–H groups in total. The number of methoxy groups -OCH3 is 1. The molecule has 3 amide bonds. The van der Waals surface area contributed by atoms with Gasteiger partial charge in [0.1, 0.15) is 5.75 Å². The van der Waals surface area contributed by atoms with E-state index in [-0.39, 0.29) is 29.6 Å². The molecule has 0 aromatic heterocycles. The highest BCUT2D eigenvalue weighted by atomic mass is 16.5. The van der Waals surface area contributed by atoms with E-state index < -0.39 is 6.04 Å². The van der Waals surface area contributed by atoms with Crippen molar-refractivity contribution in [1.82, 2.24) is 5.32 Å². The molecule has 0 saturated carbocycles. The van der Waals surface area contributed by atoms with Gasteiger partial charge in [0.15, 0.2) is 0 Å². The molecule has 0 fully saturated rings. The van der Waals surface area contributed by atoms with Gasteiger partial charge < -0.3 is 21.1 Å². The Morgan fingerprint density at radius 3 is 2.38 bits per heavy atom. The second kappa shape index (κ2) is 10.8. The molecule has 3 aromatic carbocycles. The molecule has 0 aliphatic carbocycles. The van der Waals surface area contributed by atoms with Gasteiger partial charge in [-0.1, -0.05) is 44.2 Å². The number of nitrogens with zero attached hydrogens (tertiary/aromatic N) is 1. The third-order valence-electron chi connectivity index (χ3n) is 6.50. The molecule has 8 heteroatoms. The topological polar surface area (TPSA) is 114 Å². The Hall–Kier alpha value is -4.17. The lowest BCUT2D eigenvalue weighted by Crippen LogP contribution is -2.38. The van der Waals surface area contributed by atoms with Gasteiger partial charge in [-0.05, 0) is 60.0 Å². The summed E-state index contributed by atoms with van der Waals surface area (Å²) in [4.78, 5) is 41.5.